The molecule has 0 aliphatic rings. The van der Waals surface area contributed by atoms with Crippen LogP contribution < -0.4 is 10.5 Å². The Morgan fingerprint density at radius 1 is 1.33 bits per heavy atom. The van der Waals surface area contributed by atoms with Gasteiger partial charge in [0.05, 0.1) is 10.6 Å². The number of thiocarbonyl (C=S) groups is 1. The Morgan fingerprint density at radius 3 is 2.38 bits per heavy atom. The average Bonchev–Trinajstić information content (AvgIpc) is 2.73. The first-order valence-corrected chi connectivity index (χ1v) is 9.19. The van der Waals surface area contributed by atoms with Crippen LogP contribution in [0.5, 0.6) is 0 Å². The van der Waals surface area contributed by atoms with E-state index in [2.05, 4.69) is 10.4 Å². The Bertz CT molecular complexity index is 857. The van der Waals surface area contributed by atoms with Crippen LogP contribution in [0.25, 0.3) is 0 Å². The summed E-state index contributed by atoms with van der Waals surface area (Å²) in [6.07, 6.45) is 0. The lowest BCUT2D eigenvalue weighted by atomic mass is 10.2. The minimum Gasteiger partial charge on any atom is -0.348 e. The van der Waals surface area contributed by atoms with Crippen LogP contribution in [0.3, 0.4) is 0 Å². The Hall–Kier alpha value is -1.97. The second-order valence-electron chi connectivity index (χ2n) is 5.63. The summed E-state index contributed by atoms with van der Waals surface area (Å²) in [6.45, 7) is 4.62. The molecule has 9 heteroatoms. The maximum atomic E-state index is 11.3. The number of primary sulfonamides is 1. The topological polar surface area (TPSA) is 93.2 Å². The van der Waals surface area contributed by atoms with Crippen LogP contribution in [0.2, 0.25) is 0 Å². The molecule has 0 bridgehead atoms. The third-order valence-corrected chi connectivity index (χ3v) is 5.18. The molecule has 130 valence electrons. The molecule has 0 amide bonds. The molecule has 1 aromatic carbocycles. The molecule has 7 nitrogen and oxygen atoms in total. The molecular weight excluding hydrogens is 346 g/mol. The van der Waals surface area contributed by atoms with Gasteiger partial charge in [0.25, 0.3) is 0 Å². The van der Waals surface area contributed by atoms with Crippen LogP contribution in [0, 0.1) is 13.8 Å². The second-order valence-corrected chi connectivity index (χ2v) is 7.58. The maximum absolute atomic E-state index is 11.3. The van der Waals surface area contributed by atoms with Crippen molar-refractivity contribution in [3.05, 3.63) is 41.2 Å². The van der Waals surface area contributed by atoms with Gasteiger partial charge in [0, 0.05) is 37.6 Å². The fourth-order valence-electron chi connectivity index (χ4n) is 2.30. The molecule has 0 aliphatic heterocycles. The normalized spacial score (nSPS) is 11.4. The van der Waals surface area contributed by atoms with Gasteiger partial charge in [-0.25, -0.2) is 13.6 Å². The van der Waals surface area contributed by atoms with E-state index >= 15 is 0 Å². The summed E-state index contributed by atoms with van der Waals surface area (Å²) < 4.78 is 24.4. The molecule has 0 aliphatic carbocycles. The van der Waals surface area contributed by atoms with Gasteiger partial charge in [0.1, 0.15) is 0 Å². The van der Waals surface area contributed by atoms with Crippen molar-refractivity contribution in [2.45, 2.75) is 25.3 Å². The van der Waals surface area contributed by atoms with Crippen molar-refractivity contribution < 1.29 is 8.42 Å². The summed E-state index contributed by atoms with van der Waals surface area (Å²) in [4.78, 5) is 1.97. The number of hydrogen-bond donors (Lipinski definition) is 2. The predicted octanol–water partition coefficient (Wildman–Crippen LogP) is 1.51. The van der Waals surface area contributed by atoms with Crippen LogP contribution >= 0.6 is 12.2 Å². The number of nitrogens with one attached hydrogen (secondary N) is 1. The lowest BCUT2D eigenvalue weighted by molar-refractivity contribution is 0.505. The molecule has 0 unspecified atom stereocenters. The Morgan fingerprint density at radius 2 is 1.92 bits per heavy atom. The zero-order valence-electron chi connectivity index (χ0n) is 14.1. The highest BCUT2D eigenvalue weighted by Crippen LogP contribution is 2.16. The standard InChI is InChI=1S/C15H21N5O2S2/c1-10-14(11(2)20(4)18-10)9-19(3)15(23)17-12-5-7-13(8-6-12)24(16,21)22/h5-8H,9H2,1-4H3,(H,17,23)(H2,16,21,22). The summed E-state index contributed by atoms with van der Waals surface area (Å²) in [6, 6.07) is 6.13. The number of hydrogen-bond acceptors (Lipinski definition) is 4. The first-order valence-electron chi connectivity index (χ1n) is 7.23. The maximum Gasteiger partial charge on any atom is 0.238 e. The van der Waals surface area contributed by atoms with Crippen LogP contribution in [-0.2, 0) is 23.6 Å². The third-order valence-electron chi connectivity index (χ3n) is 3.83. The van der Waals surface area contributed by atoms with E-state index in [0.29, 0.717) is 17.3 Å². The lowest BCUT2D eigenvalue weighted by Gasteiger charge is -2.21. The number of sulfonamides is 1. The van der Waals surface area contributed by atoms with Gasteiger partial charge in [-0.15, -0.1) is 0 Å². The lowest BCUT2D eigenvalue weighted by Crippen LogP contribution is -2.31. The fourth-order valence-corrected chi connectivity index (χ4v) is 3.00. The first-order chi connectivity index (χ1) is 11.1. The number of nitrogens with zero attached hydrogens (tertiary/aromatic N) is 3. The highest BCUT2D eigenvalue weighted by Gasteiger charge is 2.14. The molecule has 2 rings (SSSR count). The van der Waals surface area contributed by atoms with Crippen molar-refractivity contribution >= 4 is 33.0 Å². The van der Waals surface area contributed by atoms with Crippen molar-refractivity contribution in [2.24, 2.45) is 12.2 Å². The average molecular weight is 368 g/mol. The molecule has 2 aromatic rings. The van der Waals surface area contributed by atoms with Crippen molar-refractivity contribution in [1.29, 1.82) is 0 Å². The van der Waals surface area contributed by atoms with Gasteiger partial charge in [-0.2, -0.15) is 5.10 Å². The summed E-state index contributed by atoms with van der Waals surface area (Å²) in [5, 5.41) is 13.1. The Kier molecular flexibility index (Phi) is 5.26. The van der Waals surface area contributed by atoms with E-state index in [-0.39, 0.29) is 4.90 Å². The molecule has 24 heavy (non-hydrogen) atoms. The van der Waals surface area contributed by atoms with E-state index in [1.807, 2.05) is 37.5 Å². The van der Waals surface area contributed by atoms with E-state index in [1.54, 1.807) is 12.1 Å². The number of aromatic nitrogens is 2. The van der Waals surface area contributed by atoms with Crippen LogP contribution in [0.1, 0.15) is 17.0 Å². The molecule has 0 fully saturated rings. The molecule has 0 atom stereocenters. The van der Waals surface area contributed by atoms with Crippen LogP contribution in [0.15, 0.2) is 29.2 Å². The van der Waals surface area contributed by atoms with Gasteiger partial charge in [0.15, 0.2) is 5.11 Å². The zero-order chi connectivity index (χ0) is 18.1. The van der Waals surface area contributed by atoms with Crippen molar-refractivity contribution in [3.63, 3.8) is 0 Å². The minimum atomic E-state index is -3.69. The van der Waals surface area contributed by atoms with E-state index in [4.69, 9.17) is 17.4 Å². The summed E-state index contributed by atoms with van der Waals surface area (Å²) in [5.41, 5.74) is 3.90. The Balaban J connectivity index is 2.06. The van der Waals surface area contributed by atoms with E-state index in [1.165, 1.54) is 12.1 Å². The quantitative estimate of drug-likeness (QED) is 0.796. The third kappa shape index (κ3) is 4.11. The van der Waals surface area contributed by atoms with Crippen LogP contribution in [0.4, 0.5) is 5.69 Å². The van der Waals surface area contributed by atoms with E-state index in [0.717, 1.165) is 17.0 Å². The van der Waals surface area contributed by atoms with Gasteiger partial charge in [0.2, 0.25) is 10.0 Å². The number of benzene rings is 1. The minimum absolute atomic E-state index is 0.0638. The van der Waals surface area contributed by atoms with E-state index < -0.39 is 10.0 Å². The van der Waals surface area contributed by atoms with Crippen LogP contribution in [-0.4, -0.2) is 35.3 Å². The number of aryl methyl sites for hydroxylation is 2. The molecule has 1 heterocycles. The van der Waals surface area contributed by atoms with Crippen molar-refractivity contribution in [1.82, 2.24) is 14.7 Å². The smallest absolute Gasteiger partial charge is 0.238 e. The van der Waals surface area contributed by atoms with E-state index in [9.17, 15) is 8.42 Å². The summed E-state index contributed by atoms with van der Waals surface area (Å²) in [7, 11) is 0.108. The number of nitrogens with two attached hydrogens (primary N) is 1. The highest BCUT2D eigenvalue weighted by molar-refractivity contribution is 7.89. The van der Waals surface area contributed by atoms with Gasteiger partial charge in [-0.05, 0) is 50.3 Å². The zero-order valence-corrected chi connectivity index (χ0v) is 15.7. The molecule has 1 aromatic heterocycles. The molecule has 0 spiro atoms. The summed E-state index contributed by atoms with van der Waals surface area (Å²) >= 11 is 5.40. The monoisotopic (exact) mass is 367 g/mol. The SMILES string of the molecule is Cc1nn(C)c(C)c1CN(C)C(=S)Nc1ccc(S(N)(=O)=O)cc1. The predicted molar refractivity (Wildman–Crippen MR) is 98.2 cm³/mol. The molecule has 0 radical (unpaired) electrons. The fraction of sp³-hybridized carbons (Fsp3) is 0.333. The van der Waals surface area contributed by atoms with Gasteiger partial charge in [-0.3, -0.25) is 4.68 Å². The molecule has 0 saturated carbocycles. The number of anilines is 1. The van der Waals surface area contributed by atoms with Gasteiger partial charge >= 0.3 is 0 Å². The number of rotatable bonds is 4. The largest absolute Gasteiger partial charge is 0.348 e. The Labute approximate surface area is 147 Å². The second kappa shape index (κ2) is 6.88. The van der Waals surface area contributed by atoms with Crippen molar-refractivity contribution in [3.8, 4) is 0 Å². The van der Waals surface area contributed by atoms with Gasteiger partial charge in [-0.1, -0.05) is 0 Å². The van der Waals surface area contributed by atoms with Gasteiger partial charge < -0.3 is 10.2 Å². The molecular formula is C15H21N5O2S2. The molecule has 0 saturated heterocycles. The first kappa shape index (κ1) is 18.4. The highest BCUT2D eigenvalue weighted by atomic mass is 32.2. The van der Waals surface area contributed by atoms with Crippen molar-refractivity contribution in [2.75, 3.05) is 12.4 Å². The molecule has 3 N–H and O–H groups in total. The summed E-state index contributed by atoms with van der Waals surface area (Å²) in [5.74, 6) is 0.